The van der Waals surface area contributed by atoms with Crippen molar-refractivity contribution in [1.29, 1.82) is 0 Å². The molecular formula is C17H27N3O4S. The number of nitrogens with zero attached hydrogens (tertiary/aromatic N) is 2. The number of carbonyl (C=O) groups is 1. The van der Waals surface area contributed by atoms with Crippen LogP contribution in [0.4, 0.5) is 16.2 Å². The number of ether oxygens (including phenoxy) is 1. The van der Waals surface area contributed by atoms with Gasteiger partial charge in [0.2, 0.25) is 10.0 Å². The molecule has 1 aromatic carbocycles. The lowest BCUT2D eigenvalue weighted by atomic mass is 10.2. The highest BCUT2D eigenvalue weighted by Gasteiger charge is 2.26. The maximum absolute atomic E-state index is 12.2. The number of piperazine rings is 1. The molecule has 1 aromatic rings. The lowest BCUT2D eigenvalue weighted by Gasteiger charge is -2.35. The third-order valence-electron chi connectivity index (χ3n) is 4.14. The monoisotopic (exact) mass is 369 g/mol. The zero-order valence-corrected chi connectivity index (χ0v) is 15.7. The molecule has 2 rings (SSSR count). The van der Waals surface area contributed by atoms with Gasteiger partial charge in [-0.1, -0.05) is 13.3 Å². The van der Waals surface area contributed by atoms with Gasteiger partial charge in [-0.2, -0.15) is 4.31 Å². The van der Waals surface area contributed by atoms with Crippen LogP contribution >= 0.6 is 0 Å². The predicted molar refractivity (Wildman–Crippen MR) is 99.6 cm³/mol. The van der Waals surface area contributed by atoms with Gasteiger partial charge in [-0.3, -0.25) is 5.32 Å². The summed E-state index contributed by atoms with van der Waals surface area (Å²) >= 11 is 0. The molecule has 25 heavy (non-hydrogen) atoms. The summed E-state index contributed by atoms with van der Waals surface area (Å²) in [6.07, 6.45) is 1.12. The van der Waals surface area contributed by atoms with Gasteiger partial charge in [-0.05, 0) is 37.6 Å². The van der Waals surface area contributed by atoms with Crippen LogP contribution in [0, 0.1) is 0 Å². The number of amides is 1. The fraction of sp³-hybridized carbons (Fsp3) is 0.588. The van der Waals surface area contributed by atoms with Crippen LogP contribution in [0.3, 0.4) is 0 Å². The van der Waals surface area contributed by atoms with Gasteiger partial charge in [-0.15, -0.1) is 0 Å². The van der Waals surface area contributed by atoms with Crippen molar-refractivity contribution in [3.63, 3.8) is 0 Å². The number of rotatable bonds is 7. The molecule has 1 aliphatic rings. The number of carbonyl (C=O) groups excluding carboxylic acids is 1. The molecule has 0 radical (unpaired) electrons. The van der Waals surface area contributed by atoms with E-state index in [1.165, 1.54) is 0 Å². The van der Waals surface area contributed by atoms with Crippen molar-refractivity contribution in [3.05, 3.63) is 24.3 Å². The highest BCUT2D eigenvalue weighted by molar-refractivity contribution is 7.89. The maximum Gasteiger partial charge on any atom is 0.411 e. The number of nitrogens with one attached hydrogen (secondary N) is 1. The van der Waals surface area contributed by atoms with Gasteiger partial charge >= 0.3 is 6.09 Å². The Bertz CT molecular complexity index is 653. The first kappa shape index (κ1) is 19.5. The molecule has 140 valence electrons. The zero-order chi connectivity index (χ0) is 18.3. The number of hydrogen-bond donors (Lipinski definition) is 1. The predicted octanol–water partition coefficient (Wildman–Crippen LogP) is 2.51. The molecule has 0 saturated carbocycles. The lowest BCUT2D eigenvalue weighted by molar-refractivity contribution is 0.168. The molecule has 1 fully saturated rings. The van der Waals surface area contributed by atoms with E-state index < -0.39 is 16.1 Å². The van der Waals surface area contributed by atoms with Crippen LogP contribution in [0.1, 0.15) is 26.7 Å². The number of benzene rings is 1. The van der Waals surface area contributed by atoms with Crippen molar-refractivity contribution in [2.75, 3.05) is 48.8 Å². The summed E-state index contributed by atoms with van der Waals surface area (Å²) in [7, 11) is -3.13. The number of anilines is 2. The number of unbranched alkanes of at least 4 members (excludes halogenated alkanes) is 1. The van der Waals surface area contributed by atoms with Crippen LogP contribution < -0.4 is 10.2 Å². The van der Waals surface area contributed by atoms with Crippen molar-refractivity contribution in [2.24, 2.45) is 0 Å². The number of sulfonamides is 1. The van der Waals surface area contributed by atoms with Crippen LogP contribution in [0.25, 0.3) is 0 Å². The highest BCUT2D eigenvalue weighted by Crippen LogP contribution is 2.20. The molecule has 0 aliphatic carbocycles. The Morgan fingerprint density at radius 3 is 2.32 bits per heavy atom. The average Bonchev–Trinajstić information content (AvgIpc) is 2.61. The van der Waals surface area contributed by atoms with E-state index in [2.05, 4.69) is 10.2 Å². The molecule has 0 bridgehead atoms. The molecule has 1 heterocycles. The largest absolute Gasteiger partial charge is 0.450 e. The Morgan fingerprint density at radius 1 is 1.12 bits per heavy atom. The summed E-state index contributed by atoms with van der Waals surface area (Å²) in [6, 6.07) is 7.47. The highest BCUT2D eigenvalue weighted by atomic mass is 32.2. The second kappa shape index (κ2) is 9.05. The van der Waals surface area contributed by atoms with Crippen molar-refractivity contribution < 1.29 is 17.9 Å². The Balaban J connectivity index is 1.89. The minimum absolute atomic E-state index is 0.234. The van der Waals surface area contributed by atoms with Crippen LogP contribution in [0.5, 0.6) is 0 Å². The summed E-state index contributed by atoms with van der Waals surface area (Å²) in [5.74, 6) is 0.234. The second-order valence-electron chi connectivity index (χ2n) is 5.95. The van der Waals surface area contributed by atoms with E-state index >= 15 is 0 Å². The first-order valence-electron chi connectivity index (χ1n) is 8.73. The normalized spacial score (nSPS) is 15.8. The van der Waals surface area contributed by atoms with Gasteiger partial charge in [-0.25, -0.2) is 13.2 Å². The van der Waals surface area contributed by atoms with E-state index in [9.17, 15) is 13.2 Å². The van der Waals surface area contributed by atoms with E-state index in [0.717, 1.165) is 12.1 Å². The van der Waals surface area contributed by atoms with E-state index in [1.54, 1.807) is 11.2 Å². The van der Waals surface area contributed by atoms with Gasteiger partial charge < -0.3 is 9.64 Å². The van der Waals surface area contributed by atoms with Gasteiger partial charge in [0, 0.05) is 37.6 Å². The van der Waals surface area contributed by atoms with E-state index in [1.807, 2.05) is 31.2 Å². The molecular weight excluding hydrogens is 342 g/mol. The second-order valence-corrected chi connectivity index (χ2v) is 8.04. The van der Waals surface area contributed by atoms with Gasteiger partial charge in [0.1, 0.15) is 0 Å². The third-order valence-corrected chi connectivity index (χ3v) is 6.10. The first-order valence-corrected chi connectivity index (χ1v) is 10.3. The molecule has 1 N–H and O–H groups in total. The van der Waals surface area contributed by atoms with Crippen LogP contribution in [0.2, 0.25) is 0 Å². The molecule has 8 heteroatoms. The summed E-state index contributed by atoms with van der Waals surface area (Å²) in [5, 5.41) is 2.65. The summed E-state index contributed by atoms with van der Waals surface area (Å²) in [4.78, 5) is 13.6. The van der Waals surface area contributed by atoms with Gasteiger partial charge in [0.25, 0.3) is 0 Å². The molecule has 7 nitrogen and oxygen atoms in total. The van der Waals surface area contributed by atoms with E-state index in [-0.39, 0.29) is 5.75 Å². The standard InChI is InChI=1S/C17H27N3O4S/c1-3-5-14-25(22,23)20-12-10-19(11-13-20)16-8-6-15(7-9-16)18-17(21)24-4-2/h6-9H,3-5,10-14H2,1-2H3,(H,18,21). The average molecular weight is 369 g/mol. The SMILES string of the molecule is CCCCS(=O)(=O)N1CCN(c2ccc(NC(=O)OCC)cc2)CC1. The maximum atomic E-state index is 12.2. The molecule has 0 aromatic heterocycles. The molecule has 1 saturated heterocycles. The molecule has 0 spiro atoms. The zero-order valence-electron chi connectivity index (χ0n) is 14.9. The summed E-state index contributed by atoms with van der Waals surface area (Å²) in [5.41, 5.74) is 1.68. The van der Waals surface area contributed by atoms with Gasteiger partial charge in [0.15, 0.2) is 0 Å². The first-order chi connectivity index (χ1) is 12.0. The fourth-order valence-electron chi connectivity index (χ4n) is 2.72. The smallest absolute Gasteiger partial charge is 0.411 e. The Labute approximate surface area is 150 Å². The number of hydrogen-bond acceptors (Lipinski definition) is 5. The van der Waals surface area contributed by atoms with Crippen LogP contribution in [-0.4, -0.2) is 57.4 Å². The Kier molecular flexibility index (Phi) is 7.07. The quantitative estimate of drug-likeness (QED) is 0.799. The fourth-order valence-corrected chi connectivity index (χ4v) is 4.35. The minimum atomic E-state index is -3.13. The van der Waals surface area contributed by atoms with Crippen molar-refractivity contribution in [2.45, 2.75) is 26.7 Å². The van der Waals surface area contributed by atoms with Crippen molar-refractivity contribution in [1.82, 2.24) is 4.31 Å². The molecule has 1 aliphatic heterocycles. The van der Waals surface area contributed by atoms with Crippen LogP contribution in [0.15, 0.2) is 24.3 Å². The van der Waals surface area contributed by atoms with E-state index in [4.69, 9.17) is 4.74 Å². The van der Waals surface area contributed by atoms with Gasteiger partial charge in [0.05, 0.1) is 12.4 Å². The summed E-state index contributed by atoms with van der Waals surface area (Å²) in [6.45, 7) is 6.42. The third kappa shape index (κ3) is 5.61. The van der Waals surface area contributed by atoms with Crippen molar-refractivity contribution in [3.8, 4) is 0 Å². The van der Waals surface area contributed by atoms with Crippen LogP contribution in [-0.2, 0) is 14.8 Å². The Morgan fingerprint density at radius 2 is 1.76 bits per heavy atom. The lowest BCUT2D eigenvalue weighted by Crippen LogP contribution is -2.49. The molecule has 0 unspecified atom stereocenters. The van der Waals surface area contributed by atoms with Crippen molar-refractivity contribution >= 4 is 27.5 Å². The molecule has 1 amide bonds. The minimum Gasteiger partial charge on any atom is -0.450 e. The summed E-state index contributed by atoms with van der Waals surface area (Å²) < 4.78 is 30.9. The molecule has 0 atom stereocenters. The Hall–Kier alpha value is -1.80. The topological polar surface area (TPSA) is 79.0 Å². The van der Waals surface area contributed by atoms with E-state index in [0.29, 0.717) is 44.9 Å².